The molecular formula is C10H12ClN3O2S. The maximum Gasteiger partial charge on any atom is 0.263 e. The fourth-order valence-electron chi connectivity index (χ4n) is 1.59. The Labute approximate surface area is 107 Å². The van der Waals surface area contributed by atoms with Crippen LogP contribution in [-0.4, -0.2) is 23.0 Å². The van der Waals surface area contributed by atoms with Crippen molar-refractivity contribution >= 4 is 34.7 Å². The number of oxime groups is 1. The van der Waals surface area contributed by atoms with Gasteiger partial charge in [0.2, 0.25) is 0 Å². The Bertz CT molecular complexity index is 456. The summed E-state index contributed by atoms with van der Waals surface area (Å²) >= 11 is 7.13. The Kier molecular flexibility index (Phi) is 3.54. The van der Waals surface area contributed by atoms with Gasteiger partial charge >= 0.3 is 0 Å². The number of nitrogens with zero attached hydrogens (tertiary/aromatic N) is 1. The highest BCUT2D eigenvalue weighted by Crippen LogP contribution is 2.33. The van der Waals surface area contributed by atoms with Crippen LogP contribution < -0.4 is 11.1 Å². The molecule has 1 unspecified atom stereocenters. The van der Waals surface area contributed by atoms with Gasteiger partial charge in [0.05, 0.1) is 11.1 Å². The predicted molar refractivity (Wildman–Crippen MR) is 66.7 cm³/mol. The van der Waals surface area contributed by atoms with Crippen molar-refractivity contribution in [2.45, 2.75) is 18.9 Å². The fourth-order valence-corrected chi connectivity index (χ4v) is 2.63. The summed E-state index contributed by atoms with van der Waals surface area (Å²) in [5, 5.41) is 16.5. The number of halogens is 1. The third-order valence-electron chi connectivity index (χ3n) is 2.64. The molecule has 0 aliphatic heterocycles. The van der Waals surface area contributed by atoms with Gasteiger partial charge in [0, 0.05) is 0 Å². The van der Waals surface area contributed by atoms with Crippen molar-refractivity contribution < 1.29 is 10.0 Å². The Balaban J connectivity index is 2.08. The molecule has 1 saturated carbocycles. The number of carbonyl (C=O) groups excluding carboxylic acids is 1. The van der Waals surface area contributed by atoms with Gasteiger partial charge in [0.1, 0.15) is 4.88 Å². The maximum atomic E-state index is 11.9. The van der Waals surface area contributed by atoms with Crippen LogP contribution in [0.5, 0.6) is 0 Å². The smallest absolute Gasteiger partial charge is 0.263 e. The maximum absolute atomic E-state index is 11.9. The quantitative estimate of drug-likeness (QED) is 0.337. The van der Waals surface area contributed by atoms with Crippen LogP contribution in [0.3, 0.4) is 0 Å². The van der Waals surface area contributed by atoms with Crippen LogP contribution in [0.25, 0.3) is 0 Å². The van der Waals surface area contributed by atoms with E-state index in [0.29, 0.717) is 9.90 Å². The fraction of sp³-hybridized carbons (Fsp3) is 0.400. The molecule has 17 heavy (non-hydrogen) atoms. The first-order valence-corrected chi connectivity index (χ1v) is 6.40. The van der Waals surface area contributed by atoms with E-state index in [1.807, 2.05) is 0 Å². The summed E-state index contributed by atoms with van der Waals surface area (Å²) in [4.78, 5) is 12.4. The minimum absolute atomic E-state index is 0.0357. The number of amides is 1. The van der Waals surface area contributed by atoms with Gasteiger partial charge in [-0.1, -0.05) is 16.8 Å². The Hall–Kier alpha value is -1.27. The zero-order valence-electron chi connectivity index (χ0n) is 8.89. The number of thiophene rings is 1. The molecule has 0 spiro atoms. The van der Waals surface area contributed by atoms with E-state index < -0.39 is 6.04 Å². The largest absolute Gasteiger partial charge is 0.409 e. The van der Waals surface area contributed by atoms with Crippen molar-refractivity contribution in [1.82, 2.24) is 5.32 Å². The predicted octanol–water partition coefficient (Wildman–Crippen LogP) is 1.66. The highest BCUT2D eigenvalue weighted by Gasteiger charge is 2.35. The van der Waals surface area contributed by atoms with E-state index >= 15 is 0 Å². The molecule has 4 N–H and O–H groups in total. The highest BCUT2D eigenvalue weighted by atomic mass is 35.5. The van der Waals surface area contributed by atoms with Crippen LogP contribution in [0, 0.1) is 5.92 Å². The lowest BCUT2D eigenvalue weighted by atomic mass is 10.1. The molecule has 92 valence electrons. The van der Waals surface area contributed by atoms with Gasteiger partial charge in [-0.15, -0.1) is 11.3 Å². The molecule has 1 aliphatic carbocycles. The van der Waals surface area contributed by atoms with E-state index in [1.165, 1.54) is 11.3 Å². The molecule has 0 saturated heterocycles. The van der Waals surface area contributed by atoms with Crippen LogP contribution >= 0.6 is 22.9 Å². The van der Waals surface area contributed by atoms with Crippen molar-refractivity contribution in [3.05, 3.63) is 21.3 Å². The van der Waals surface area contributed by atoms with Crippen LogP contribution in [0.4, 0.5) is 0 Å². The highest BCUT2D eigenvalue weighted by molar-refractivity contribution is 7.12. The van der Waals surface area contributed by atoms with Crippen LogP contribution in [0.1, 0.15) is 22.5 Å². The topological polar surface area (TPSA) is 87.7 Å². The monoisotopic (exact) mass is 273 g/mol. The second kappa shape index (κ2) is 4.93. The van der Waals surface area contributed by atoms with Crippen molar-refractivity contribution in [2.75, 3.05) is 0 Å². The summed E-state index contributed by atoms with van der Waals surface area (Å²) in [6.07, 6.45) is 1.94. The molecule has 1 aromatic heterocycles. The molecular weight excluding hydrogens is 262 g/mol. The second-order valence-electron chi connectivity index (χ2n) is 3.91. The van der Waals surface area contributed by atoms with Crippen LogP contribution in [0.2, 0.25) is 5.02 Å². The molecule has 1 aliphatic rings. The molecule has 1 atom stereocenters. The van der Waals surface area contributed by atoms with E-state index in [-0.39, 0.29) is 17.7 Å². The first-order valence-electron chi connectivity index (χ1n) is 5.14. The number of amidine groups is 1. The van der Waals surface area contributed by atoms with Gasteiger partial charge in [0.15, 0.2) is 5.84 Å². The van der Waals surface area contributed by atoms with Gasteiger partial charge < -0.3 is 16.3 Å². The average molecular weight is 274 g/mol. The summed E-state index contributed by atoms with van der Waals surface area (Å²) in [6, 6.07) is 1.25. The van der Waals surface area contributed by atoms with Gasteiger partial charge in [-0.3, -0.25) is 4.79 Å². The zero-order chi connectivity index (χ0) is 12.4. The minimum Gasteiger partial charge on any atom is -0.409 e. The molecule has 0 bridgehead atoms. The number of nitrogens with one attached hydrogen (secondary N) is 1. The lowest BCUT2D eigenvalue weighted by molar-refractivity contribution is 0.0947. The number of hydrogen-bond donors (Lipinski definition) is 3. The molecule has 2 rings (SSSR count). The Morgan fingerprint density at radius 3 is 2.88 bits per heavy atom. The summed E-state index contributed by atoms with van der Waals surface area (Å²) in [5.74, 6) is 0.00983. The first-order chi connectivity index (χ1) is 8.13. The molecule has 0 aromatic carbocycles. The Morgan fingerprint density at radius 1 is 1.71 bits per heavy atom. The molecule has 5 nitrogen and oxygen atoms in total. The van der Waals surface area contributed by atoms with Gasteiger partial charge in [-0.2, -0.15) is 0 Å². The summed E-state index contributed by atoms with van der Waals surface area (Å²) < 4.78 is 0. The van der Waals surface area contributed by atoms with Crippen LogP contribution in [-0.2, 0) is 0 Å². The van der Waals surface area contributed by atoms with Crippen LogP contribution in [0.15, 0.2) is 16.6 Å². The summed E-state index contributed by atoms with van der Waals surface area (Å²) in [5.41, 5.74) is 5.55. The molecule has 1 aromatic rings. The molecule has 0 radical (unpaired) electrons. The molecule has 1 amide bonds. The third-order valence-corrected chi connectivity index (χ3v) is 3.98. The average Bonchev–Trinajstić information content (AvgIpc) is 3.07. The van der Waals surface area contributed by atoms with E-state index in [0.717, 1.165) is 12.8 Å². The number of hydrogen-bond acceptors (Lipinski definition) is 4. The minimum atomic E-state index is -0.411. The lowest BCUT2D eigenvalue weighted by Gasteiger charge is -2.16. The van der Waals surface area contributed by atoms with Crippen molar-refractivity contribution in [3.63, 3.8) is 0 Å². The standard InChI is InChI=1S/C10H12ClN3O2S/c11-6-3-4-17-8(6)10(15)13-7(5-1-2-5)9(12)14-16/h3-5,7,16H,1-2H2,(H2,12,14)(H,13,15). The molecule has 7 heteroatoms. The van der Waals surface area contributed by atoms with E-state index in [4.69, 9.17) is 22.5 Å². The number of carbonyl (C=O) groups is 1. The third kappa shape index (κ3) is 2.70. The van der Waals surface area contributed by atoms with Crippen molar-refractivity contribution in [1.29, 1.82) is 0 Å². The molecule has 1 heterocycles. The van der Waals surface area contributed by atoms with Crippen molar-refractivity contribution in [3.8, 4) is 0 Å². The first kappa shape index (κ1) is 12.2. The van der Waals surface area contributed by atoms with Gasteiger partial charge in [0.25, 0.3) is 5.91 Å². The number of rotatable bonds is 4. The van der Waals surface area contributed by atoms with E-state index in [9.17, 15) is 4.79 Å². The normalized spacial score (nSPS) is 17.8. The van der Waals surface area contributed by atoms with Gasteiger partial charge in [-0.25, -0.2) is 0 Å². The second-order valence-corrected chi connectivity index (χ2v) is 5.23. The lowest BCUT2D eigenvalue weighted by Crippen LogP contribution is -2.46. The number of nitrogens with two attached hydrogens (primary N) is 1. The van der Waals surface area contributed by atoms with Gasteiger partial charge in [-0.05, 0) is 30.2 Å². The van der Waals surface area contributed by atoms with E-state index in [1.54, 1.807) is 11.4 Å². The summed E-state index contributed by atoms with van der Waals surface area (Å²) in [7, 11) is 0. The van der Waals surface area contributed by atoms with Crippen molar-refractivity contribution in [2.24, 2.45) is 16.8 Å². The molecule has 1 fully saturated rings. The zero-order valence-corrected chi connectivity index (χ0v) is 10.5. The summed E-state index contributed by atoms with van der Waals surface area (Å²) in [6.45, 7) is 0. The van der Waals surface area contributed by atoms with E-state index in [2.05, 4.69) is 10.5 Å². The SMILES string of the molecule is N/C(=N/O)C(NC(=O)c1sccc1Cl)C1CC1. The Morgan fingerprint density at radius 2 is 2.41 bits per heavy atom.